The van der Waals surface area contributed by atoms with Gasteiger partial charge in [-0.3, -0.25) is 0 Å². The topological polar surface area (TPSA) is 38.0 Å². The molecule has 1 unspecified atom stereocenters. The van der Waals surface area contributed by atoms with E-state index >= 15 is 0 Å². The SMILES string of the molecule is CCC(N)CCNCCF. The number of halogens is 1. The van der Waals surface area contributed by atoms with E-state index in [4.69, 9.17) is 5.73 Å². The number of hydrogen-bond acceptors (Lipinski definition) is 2. The zero-order chi connectivity index (χ0) is 7.82. The van der Waals surface area contributed by atoms with Crippen molar-refractivity contribution in [1.82, 2.24) is 5.32 Å². The smallest absolute Gasteiger partial charge is 0.102 e. The minimum absolute atomic E-state index is 0.270. The van der Waals surface area contributed by atoms with Gasteiger partial charge < -0.3 is 11.1 Å². The lowest BCUT2D eigenvalue weighted by atomic mass is 10.2. The van der Waals surface area contributed by atoms with Gasteiger partial charge in [-0.15, -0.1) is 0 Å². The number of rotatable bonds is 6. The van der Waals surface area contributed by atoms with Crippen molar-refractivity contribution in [3.05, 3.63) is 0 Å². The highest BCUT2D eigenvalue weighted by Crippen LogP contribution is 1.90. The van der Waals surface area contributed by atoms with Crippen LogP contribution in [0.1, 0.15) is 19.8 Å². The summed E-state index contributed by atoms with van der Waals surface area (Å²) in [7, 11) is 0. The van der Waals surface area contributed by atoms with Crippen molar-refractivity contribution >= 4 is 0 Å². The van der Waals surface area contributed by atoms with E-state index in [9.17, 15) is 4.39 Å². The zero-order valence-corrected chi connectivity index (χ0v) is 6.57. The van der Waals surface area contributed by atoms with Crippen LogP contribution in [0.5, 0.6) is 0 Å². The van der Waals surface area contributed by atoms with Gasteiger partial charge in [-0.2, -0.15) is 0 Å². The van der Waals surface area contributed by atoms with Crippen molar-refractivity contribution in [3.8, 4) is 0 Å². The average Bonchev–Trinajstić information content (AvgIpc) is 1.98. The van der Waals surface area contributed by atoms with Gasteiger partial charge in [-0.05, 0) is 19.4 Å². The van der Waals surface area contributed by atoms with Crippen LogP contribution in [0.4, 0.5) is 4.39 Å². The third-order valence-corrected chi connectivity index (χ3v) is 1.49. The van der Waals surface area contributed by atoms with Crippen LogP contribution in [-0.2, 0) is 0 Å². The van der Waals surface area contributed by atoms with Gasteiger partial charge in [0, 0.05) is 12.6 Å². The first-order chi connectivity index (χ1) is 4.81. The summed E-state index contributed by atoms with van der Waals surface area (Å²) in [6, 6.07) is 0.270. The van der Waals surface area contributed by atoms with E-state index in [-0.39, 0.29) is 12.7 Å². The van der Waals surface area contributed by atoms with Gasteiger partial charge in [0.1, 0.15) is 6.67 Å². The standard InChI is InChI=1S/C7H17FN2/c1-2-7(9)3-5-10-6-4-8/h7,10H,2-6,9H2,1H3. The predicted octanol–water partition coefficient (Wildman–Crippen LogP) is 0.673. The first-order valence-electron chi connectivity index (χ1n) is 3.83. The molecule has 0 aromatic rings. The largest absolute Gasteiger partial charge is 0.328 e. The van der Waals surface area contributed by atoms with Crippen LogP contribution in [0.15, 0.2) is 0 Å². The molecule has 1 atom stereocenters. The Morgan fingerprint density at radius 3 is 2.70 bits per heavy atom. The fourth-order valence-corrected chi connectivity index (χ4v) is 0.683. The zero-order valence-electron chi connectivity index (χ0n) is 6.57. The van der Waals surface area contributed by atoms with E-state index in [0.29, 0.717) is 6.54 Å². The Kier molecular flexibility index (Phi) is 6.86. The molecule has 0 bridgehead atoms. The summed E-state index contributed by atoms with van der Waals surface area (Å²) in [4.78, 5) is 0. The van der Waals surface area contributed by atoms with Crippen molar-refractivity contribution < 1.29 is 4.39 Å². The fourth-order valence-electron chi connectivity index (χ4n) is 0.683. The monoisotopic (exact) mass is 148 g/mol. The maximum Gasteiger partial charge on any atom is 0.102 e. The fraction of sp³-hybridized carbons (Fsp3) is 1.00. The van der Waals surface area contributed by atoms with Crippen LogP contribution in [0.2, 0.25) is 0 Å². The van der Waals surface area contributed by atoms with Crippen molar-refractivity contribution in [2.24, 2.45) is 5.73 Å². The van der Waals surface area contributed by atoms with Crippen molar-refractivity contribution in [2.75, 3.05) is 19.8 Å². The summed E-state index contributed by atoms with van der Waals surface area (Å²) in [6.45, 7) is 3.05. The summed E-state index contributed by atoms with van der Waals surface area (Å²) in [6.07, 6.45) is 1.94. The molecule has 0 aliphatic heterocycles. The average molecular weight is 148 g/mol. The van der Waals surface area contributed by atoms with E-state index < -0.39 is 0 Å². The molecule has 0 aromatic carbocycles. The quantitative estimate of drug-likeness (QED) is 0.543. The lowest BCUT2D eigenvalue weighted by Crippen LogP contribution is -2.26. The number of alkyl halides is 1. The molecule has 0 fully saturated rings. The molecule has 0 saturated carbocycles. The van der Waals surface area contributed by atoms with Crippen LogP contribution >= 0.6 is 0 Å². The maximum atomic E-state index is 11.5. The molecule has 3 N–H and O–H groups in total. The Morgan fingerprint density at radius 1 is 1.50 bits per heavy atom. The highest BCUT2D eigenvalue weighted by atomic mass is 19.1. The molecule has 0 amide bonds. The highest BCUT2D eigenvalue weighted by Gasteiger charge is 1.96. The molecule has 62 valence electrons. The molecule has 3 heteroatoms. The Balaban J connectivity index is 2.89. The third kappa shape index (κ3) is 5.98. The normalized spacial score (nSPS) is 13.5. The van der Waals surface area contributed by atoms with E-state index in [1.807, 2.05) is 0 Å². The molecule has 0 heterocycles. The summed E-state index contributed by atoms with van der Waals surface area (Å²) < 4.78 is 11.5. The molecule has 10 heavy (non-hydrogen) atoms. The minimum Gasteiger partial charge on any atom is -0.328 e. The van der Waals surface area contributed by atoms with Crippen molar-refractivity contribution in [2.45, 2.75) is 25.8 Å². The molecular formula is C7H17FN2. The van der Waals surface area contributed by atoms with E-state index in [1.165, 1.54) is 0 Å². The van der Waals surface area contributed by atoms with Crippen molar-refractivity contribution in [1.29, 1.82) is 0 Å². The van der Waals surface area contributed by atoms with Crippen molar-refractivity contribution in [3.63, 3.8) is 0 Å². The van der Waals surface area contributed by atoms with E-state index in [1.54, 1.807) is 0 Å². The lowest BCUT2D eigenvalue weighted by Gasteiger charge is -2.07. The number of nitrogens with two attached hydrogens (primary N) is 1. The van der Waals surface area contributed by atoms with Crippen LogP contribution in [0.3, 0.4) is 0 Å². The van der Waals surface area contributed by atoms with Gasteiger partial charge in [0.15, 0.2) is 0 Å². The second-order valence-electron chi connectivity index (χ2n) is 2.40. The van der Waals surface area contributed by atoms with Gasteiger partial charge in [0.25, 0.3) is 0 Å². The third-order valence-electron chi connectivity index (χ3n) is 1.49. The molecule has 0 rings (SSSR count). The Morgan fingerprint density at radius 2 is 2.20 bits per heavy atom. The van der Waals surface area contributed by atoms with Crippen LogP contribution in [0, 0.1) is 0 Å². The van der Waals surface area contributed by atoms with Gasteiger partial charge in [0.2, 0.25) is 0 Å². The first kappa shape index (κ1) is 9.85. The lowest BCUT2D eigenvalue weighted by molar-refractivity contribution is 0.456. The molecule has 0 spiro atoms. The summed E-state index contributed by atoms with van der Waals surface area (Å²) in [5.41, 5.74) is 5.62. The van der Waals surface area contributed by atoms with Gasteiger partial charge >= 0.3 is 0 Å². The molecule has 0 radical (unpaired) electrons. The van der Waals surface area contributed by atoms with Crippen LogP contribution in [-0.4, -0.2) is 25.8 Å². The van der Waals surface area contributed by atoms with E-state index in [0.717, 1.165) is 19.4 Å². The highest BCUT2D eigenvalue weighted by molar-refractivity contribution is 4.59. The van der Waals surface area contributed by atoms with E-state index in [2.05, 4.69) is 12.2 Å². The Bertz CT molecular complexity index is 68.6. The number of hydrogen-bond donors (Lipinski definition) is 2. The molecule has 0 aliphatic rings. The molecule has 0 aliphatic carbocycles. The molecule has 0 aromatic heterocycles. The van der Waals surface area contributed by atoms with Crippen LogP contribution in [0.25, 0.3) is 0 Å². The van der Waals surface area contributed by atoms with Gasteiger partial charge in [-0.1, -0.05) is 6.92 Å². The van der Waals surface area contributed by atoms with Gasteiger partial charge in [-0.25, -0.2) is 4.39 Å². The van der Waals surface area contributed by atoms with Crippen LogP contribution < -0.4 is 11.1 Å². The Labute approximate surface area is 62.0 Å². The molecule has 0 saturated heterocycles. The minimum atomic E-state index is -0.290. The molecular weight excluding hydrogens is 131 g/mol. The number of nitrogens with one attached hydrogen (secondary N) is 1. The second-order valence-corrected chi connectivity index (χ2v) is 2.40. The maximum absolute atomic E-state index is 11.5. The summed E-state index contributed by atoms with van der Waals surface area (Å²) in [5, 5.41) is 2.95. The molecule has 2 nitrogen and oxygen atoms in total. The predicted molar refractivity (Wildman–Crippen MR) is 41.7 cm³/mol. The summed E-state index contributed by atoms with van der Waals surface area (Å²) >= 11 is 0. The van der Waals surface area contributed by atoms with Gasteiger partial charge in [0.05, 0.1) is 0 Å². The second kappa shape index (κ2) is 6.96. The summed E-state index contributed by atoms with van der Waals surface area (Å²) in [5.74, 6) is 0. The Hall–Kier alpha value is -0.150. The first-order valence-corrected chi connectivity index (χ1v) is 3.83.